The summed E-state index contributed by atoms with van der Waals surface area (Å²) in [6.45, 7) is 0. The molecule has 4 heteroatoms. The Balaban J connectivity index is 0.00000128. The normalized spacial score (nSPS) is 18.5. The van der Waals surface area contributed by atoms with Gasteiger partial charge in [-0.2, -0.15) is 0 Å². The quantitative estimate of drug-likeness (QED) is 0.551. The Morgan fingerprint density at radius 2 is 1.94 bits per heavy atom. The number of aliphatic carboxylic acids is 1. The van der Waals surface area contributed by atoms with Crippen LogP contribution in [0.2, 0.25) is 0 Å². The molecule has 0 bridgehead atoms. The van der Waals surface area contributed by atoms with Crippen LogP contribution in [-0.2, 0) is 10.2 Å². The smallest absolute Gasteiger partial charge is 0.549 e. The molecule has 1 aromatic heterocycles. The predicted octanol–water partition coefficient (Wildman–Crippen LogP) is -1.96. The maximum Gasteiger partial charge on any atom is 1.00 e. The first-order chi connectivity index (χ1) is 7.26. The van der Waals surface area contributed by atoms with Crippen LogP contribution < -0.4 is 34.7 Å². The molecule has 1 aromatic rings. The minimum absolute atomic E-state index is 0. The number of carboxylic acid groups (broad SMARTS) is 1. The van der Waals surface area contributed by atoms with Crippen molar-refractivity contribution in [1.82, 2.24) is 4.98 Å². The van der Waals surface area contributed by atoms with E-state index in [-0.39, 0.29) is 29.6 Å². The van der Waals surface area contributed by atoms with E-state index in [9.17, 15) is 9.90 Å². The van der Waals surface area contributed by atoms with Crippen LogP contribution in [0.1, 0.15) is 37.8 Å². The van der Waals surface area contributed by atoms with Crippen molar-refractivity contribution >= 4 is 5.97 Å². The van der Waals surface area contributed by atoms with Gasteiger partial charge in [0.1, 0.15) is 0 Å². The number of carbonyl (C=O) groups excluding carboxylic acids is 1. The van der Waals surface area contributed by atoms with E-state index in [1.807, 2.05) is 6.07 Å². The standard InChI is InChI=1S/C12H15NO2.Na/c14-11(15)12(7-3-1-4-8-12)10-6-2-5-9-13-10;/h2,5-6,9H,1,3-4,7-8H2,(H,14,15);/q;+1/p-1. The SMILES string of the molecule is O=C([O-])C1(c2ccccn2)CCCCC1.[Na+]. The van der Waals surface area contributed by atoms with Gasteiger partial charge in [-0.1, -0.05) is 25.3 Å². The fourth-order valence-corrected chi connectivity index (χ4v) is 2.37. The molecule has 1 heterocycles. The van der Waals surface area contributed by atoms with Gasteiger partial charge >= 0.3 is 29.6 Å². The Labute approximate surface area is 118 Å². The van der Waals surface area contributed by atoms with Gasteiger partial charge in [-0.15, -0.1) is 0 Å². The van der Waals surface area contributed by atoms with Gasteiger partial charge in [0.05, 0.1) is 17.1 Å². The maximum absolute atomic E-state index is 11.3. The third kappa shape index (κ3) is 2.47. The fraction of sp³-hybridized carbons (Fsp3) is 0.500. The summed E-state index contributed by atoms with van der Waals surface area (Å²) in [5.74, 6) is -0.971. The molecule has 1 fully saturated rings. The van der Waals surface area contributed by atoms with Crippen LogP contribution in [0.4, 0.5) is 0 Å². The van der Waals surface area contributed by atoms with E-state index < -0.39 is 11.4 Å². The second-order valence-electron chi connectivity index (χ2n) is 4.15. The summed E-state index contributed by atoms with van der Waals surface area (Å²) in [4.78, 5) is 15.5. The van der Waals surface area contributed by atoms with Crippen molar-refractivity contribution < 1.29 is 39.5 Å². The molecule has 1 aliphatic carbocycles. The second kappa shape index (κ2) is 5.80. The van der Waals surface area contributed by atoms with E-state index in [0.29, 0.717) is 18.5 Å². The minimum atomic E-state index is -0.971. The van der Waals surface area contributed by atoms with Crippen LogP contribution in [0.25, 0.3) is 0 Å². The summed E-state index contributed by atoms with van der Waals surface area (Å²) in [5, 5.41) is 11.3. The first-order valence-electron chi connectivity index (χ1n) is 5.39. The molecule has 0 N–H and O–H groups in total. The minimum Gasteiger partial charge on any atom is -0.549 e. The number of pyridine rings is 1. The first-order valence-corrected chi connectivity index (χ1v) is 5.39. The topological polar surface area (TPSA) is 53.0 Å². The molecule has 16 heavy (non-hydrogen) atoms. The van der Waals surface area contributed by atoms with E-state index in [1.165, 1.54) is 0 Å². The summed E-state index contributed by atoms with van der Waals surface area (Å²) < 4.78 is 0. The van der Waals surface area contributed by atoms with Crippen LogP contribution in [0.5, 0.6) is 0 Å². The van der Waals surface area contributed by atoms with Gasteiger partial charge in [-0.05, 0) is 25.0 Å². The zero-order valence-corrected chi connectivity index (χ0v) is 11.6. The Kier molecular flexibility index (Phi) is 4.96. The van der Waals surface area contributed by atoms with Gasteiger partial charge in [0.15, 0.2) is 0 Å². The van der Waals surface area contributed by atoms with Crippen LogP contribution >= 0.6 is 0 Å². The van der Waals surface area contributed by atoms with Crippen molar-refractivity contribution in [3.8, 4) is 0 Å². The molecule has 0 unspecified atom stereocenters. The summed E-state index contributed by atoms with van der Waals surface area (Å²) in [5.41, 5.74) is -0.177. The molecule has 1 saturated carbocycles. The summed E-state index contributed by atoms with van der Waals surface area (Å²) in [6, 6.07) is 5.43. The van der Waals surface area contributed by atoms with E-state index in [1.54, 1.807) is 18.3 Å². The third-order valence-corrected chi connectivity index (χ3v) is 3.25. The number of nitrogens with zero attached hydrogens (tertiary/aromatic N) is 1. The van der Waals surface area contributed by atoms with Crippen LogP contribution in [0, 0.1) is 0 Å². The Morgan fingerprint density at radius 1 is 1.25 bits per heavy atom. The molecule has 0 saturated heterocycles. The van der Waals surface area contributed by atoms with E-state index >= 15 is 0 Å². The molecule has 0 spiro atoms. The zero-order valence-electron chi connectivity index (χ0n) is 9.61. The monoisotopic (exact) mass is 227 g/mol. The van der Waals surface area contributed by atoms with Crippen LogP contribution in [0.15, 0.2) is 24.4 Å². The number of carbonyl (C=O) groups is 1. The predicted molar refractivity (Wildman–Crippen MR) is 54.0 cm³/mol. The number of hydrogen-bond acceptors (Lipinski definition) is 3. The van der Waals surface area contributed by atoms with E-state index in [0.717, 1.165) is 19.3 Å². The average molecular weight is 227 g/mol. The van der Waals surface area contributed by atoms with E-state index in [4.69, 9.17) is 0 Å². The summed E-state index contributed by atoms with van der Waals surface area (Å²) in [6.07, 6.45) is 5.98. The Morgan fingerprint density at radius 3 is 2.44 bits per heavy atom. The molecule has 3 nitrogen and oxygen atoms in total. The number of hydrogen-bond donors (Lipinski definition) is 0. The molecular formula is C12H14NNaO2. The van der Waals surface area contributed by atoms with Gasteiger partial charge in [0.25, 0.3) is 0 Å². The maximum atomic E-state index is 11.3. The zero-order chi connectivity index (χ0) is 10.7. The van der Waals surface area contributed by atoms with Crippen molar-refractivity contribution in [1.29, 1.82) is 0 Å². The van der Waals surface area contributed by atoms with Gasteiger partial charge in [0.2, 0.25) is 0 Å². The van der Waals surface area contributed by atoms with Crippen molar-refractivity contribution in [2.24, 2.45) is 0 Å². The molecule has 0 atom stereocenters. The molecule has 0 aromatic carbocycles. The largest absolute Gasteiger partial charge is 1.00 e. The van der Waals surface area contributed by atoms with Crippen molar-refractivity contribution in [3.63, 3.8) is 0 Å². The van der Waals surface area contributed by atoms with Crippen molar-refractivity contribution in [2.75, 3.05) is 0 Å². The van der Waals surface area contributed by atoms with Crippen LogP contribution in [-0.4, -0.2) is 11.0 Å². The number of carboxylic acids is 1. The van der Waals surface area contributed by atoms with Crippen molar-refractivity contribution in [2.45, 2.75) is 37.5 Å². The van der Waals surface area contributed by atoms with Gasteiger partial charge in [0, 0.05) is 6.20 Å². The molecule has 0 amide bonds. The second-order valence-corrected chi connectivity index (χ2v) is 4.15. The number of rotatable bonds is 2. The first kappa shape index (κ1) is 13.7. The van der Waals surface area contributed by atoms with E-state index in [2.05, 4.69) is 4.98 Å². The molecular weight excluding hydrogens is 213 g/mol. The van der Waals surface area contributed by atoms with Gasteiger partial charge < -0.3 is 9.90 Å². The van der Waals surface area contributed by atoms with Crippen molar-refractivity contribution in [3.05, 3.63) is 30.1 Å². The van der Waals surface area contributed by atoms with Gasteiger partial charge in [-0.25, -0.2) is 0 Å². The fourth-order valence-electron chi connectivity index (χ4n) is 2.37. The average Bonchev–Trinajstić information content (AvgIpc) is 2.31. The number of aromatic nitrogens is 1. The molecule has 1 aliphatic rings. The van der Waals surface area contributed by atoms with Crippen LogP contribution in [0.3, 0.4) is 0 Å². The molecule has 0 radical (unpaired) electrons. The Bertz CT molecular complexity index is 347. The third-order valence-electron chi connectivity index (χ3n) is 3.25. The molecule has 0 aliphatic heterocycles. The molecule has 2 rings (SSSR count). The van der Waals surface area contributed by atoms with Gasteiger partial charge in [-0.3, -0.25) is 4.98 Å². The Hall–Kier alpha value is -0.380. The molecule has 80 valence electrons. The summed E-state index contributed by atoms with van der Waals surface area (Å²) >= 11 is 0. The summed E-state index contributed by atoms with van der Waals surface area (Å²) in [7, 11) is 0.